The highest BCUT2D eigenvalue weighted by atomic mass is 32.1. The van der Waals surface area contributed by atoms with Gasteiger partial charge in [-0.25, -0.2) is 4.79 Å². The van der Waals surface area contributed by atoms with Crippen molar-refractivity contribution in [3.05, 3.63) is 99.6 Å². The first-order chi connectivity index (χ1) is 32.4. The molecule has 0 radical (unpaired) electrons. The molecule has 0 unspecified atom stereocenters. The zero-order valence-corrected chi connectivity index (χ0v) is 38.5. The van der Waals surface area contributed by atoms with Crippen LogP contribution in [-0.4, -0.2) is 116 Å². The number of rotatable bonds is 15. The molecule has 1 aliphatic heterocycles. The number of nitrogens with zero attached hydrogens (tertiary/aromatic N) is 1. The summed E-state index contributed by atoms with van der Waals surface area (Å²) in [4.78, 5) is 119. The summed E-state index contributed by atoms with van der Waals surface area (Å²) >= 11 is 4.21. The molecule has 10 N–H and O–H groups in total. The van der Waals surface area contributed by atoms with E-state index in [0.717, 1.165) is 0 Å². The van der Waals surface area contributed by atoms with E-state index in [4.69, 9.17) is 0 Å². The van der Waals surface area contributed by atoms with Gasteiger partial charge in [0.15, 0.2) is 0 Å². The third-order valence-corrected chi connectivity index (χ3v) is 11.7. The van der Waals surface area contributed by atoms with Crippen LogP contribution in [0, 0.1) is 16.0 Å². The highest BCUT2D eigenvalue weighted by molar-refractivity contribution is 7.80. The molecule has 1 heterocycles. The lowest BCUT2D eigenvalue weighted by Gasteiger charge is -2.29. The summed E-state index contributed by atoms with van der Waals surface area (Å²) in [5, 5.41) is 59.5. The molecule has 7 amide bonds. The number of amides is 7. The Hall–Kier alpha value is -7.23. The highest BCUT2D eigenvalue weighted by Gasteiger charge is 2.35. The number of carboxylic acids is 1. The molecule has 1 fully saturated rings. The first kappa shape index (κ1) is 53.4. The van der Waals surface area contributed by atoms with Gasteiger partial charge in [0.05, 0.1) is 4.92 Å². The van der Waals surface area contributed by atoms with Gasteiger partial charge >= 0.3 is 5.97 Å². The fourth-order valence-electron chi connectivity index (χ4n) is 7.12. The number of non-ortho nitro benzene ring substituents is 1. The van der Waals surface area contributed by atoms with Crippen LogP contribution in [0.15, 0.2) is 72.8 Å². The third-order valence-electron chi connectivity index (χ3n) is 11.3. The molecule has 68 heavy (non-hydrogen) atoms. The molecule has 7 atom stereocenters. The molecule has 3 aromatic carbocycles. The van der Waals surface area contributed by atoms with Gasteiger partial charge in [-0.05, 0) is 66.1 Å². The van der Waals surface area contributed by atoms with Crippen LogP contribution < -0.4 is 37.2 Å². The van der Waals surface area contributed by atoms with Crippen molar-refractivity contribution in [1.82, 2.24) is 37.2 Å². The molecule has 0 bridgehead atoms. The minimum absolute atomic E-state index is 0.0661. The van der Waals surface area contributed by atoms with Crippen molar-refractivity contribution in [1.29, 1.82) is 0 Å². The number of benzene rings is 3. The second-order valence-electron chi connectivity index (χ2n) is 16.5. The minimum Gasteiger partial charge on any atom is -0.508 e. The van der Waals surface area contributed by atoms with Crippen LogP contribution in [0.4, 0.5) is 5.69 Å². The van der Waals surface area contributed by atoms with Gasteiger partial charge in [0.25, 0.3) is 5.69 Å². The highest BCUT2D eigenvalue weighted by Crippen LogP contribution is 2.17. The van der Waals surface area contributed by atoms with E-state index in [0.29, 0.717) is 23.1 Å². The molecular formula is C46H58N8O13S. The number of phenols is 2. The summed E-state index contributed by atoms with van der Waals surface area (Å²) in [7, 11) is 0. The maximum atomic E-state index is 14.5. The molecule has 0 spiro atoms. The van der Waals surface area contributed by atoms with E-state index in [-0.39, 0.29) is 80.9 Å². The summed E-state index contributed by atoms with van der Waals surface area (Å²) in [6.45, 7) is 3.57. The van der Waals surface area contributed by atoms with Gasteiger partial charge in [-0.15, -0.1) is 0 Å². The van der Waals surface area contributed by atoms with E-state index < -0.39 is 94.4 Å². The molecule has 1 saturated heterocycles. The molecular weight excluding hydrogens is 905 g/mol. The maximum Gasteiger partial charge on any atom is 0.326 e. The van der Waals surface area contributed by atoms with Gasteiger partial charge in [-0.1, -0.05) is 56.7 Å². The second kappa shape index (κ2) is 26.2. The zero-order chi connectivity index (χ0) is 49.9. The molecule has 21 nitrogen and oxygen atoms in total. The number of hydrogen-bond donors (Lipinski definition) is 11. The molecule has 0 aromatic heterocycles. The smallest absolute Gasteiger partial charge is 0.326 e. The van der Waals surface area contributed by atoms with Crippen molar-refractivity contribution in [2.45, 2.75) is 108 Å². The van der Waals surface area contributed by atoms with Gasteiger partial charge in [0.1, 0.15) is 47.8 Å². The SMILES string of the molecule is CC[C@H](C)[C@@H]1NC(=O)[C@H](CS)NC(=O)CCC(=O)NCCCC[C@@H](C(=O)N[C@@H](Cc2ccc([N+](=O)[O-])cc2)C(=O)N[C@@H](Cc2ccc(O)cc2)C(=O)O)NC(=O)[C@H](Cc2ccc(O)cc2)NC1=O. The minimum atomic E-state index is -1.52. The van der Waals surface area contributed by atoms with Crippen molar-refractivity contribution < 1.29 is 58.6 Å². The summed E-state index contributed by atoms with van der Waals surface area (Å²) in [6.07, 6.45) is -0.375. The van der Waals surface area contributed by atoms with Crippen molar-refractivity contribution in [2.24, 2.45) is 5.92 Å². The predicted molar refractivity (Wildman–Crippen MR) is 249 cm³/mol. The third kappa shape index (κ3) is 16.9. The standard InChI is InChI=1S/C46H58N8O13S/c1-3-26(2)40-45(63)51-35(23-28-9-15-31(55)16-10-28)42(60)49-33(6-4-5-21-47-38(57)19-20-39(58)48-37(25-68)44(62)53-40)41(59)50-34(22-27-7-13-30(14-8-27)54(66)67)43(61)52-36(46(64)65)24-29-11-17-32(56)18-12-29/h7-18,26,33-37,40,55-56,68H,3-6,19-25H2,1-2H3,(H,47,57)(H,48,58)(H,49,60)(H,50,59)(H,51,63)(H,52,61)(H,53,62)(H,64,65)/t26-,33-,34-,35-,36-,37-,40-/m0/s1. The molecule has 366 valence electrons. The van der Waals surface area contributed by atoms with Gasteiger partial charge in [-0.3, -0.25) is 43.7 Å². The van der Waals surface area contributed by atoms with Gasteiger partial charge in [0.2, 0.25) is 41.4 Å². The molecule has 0 saturated carbocycles. The lowest BCUT2D eigenvalue weighted by Crippen LogP contribution is -2.61. The van der Waals surface area contributed by atoms with Crippen LogP contribution in [0.2, 0.25) is 0 Å². The topological polar surface area (TPSA) is 325 Å². The number of nitro benzene ring substituents is 1. The molecule has 22 heteroatoms. The number of carbonyl (C=O) groups excluding carboxylic acids is 7. The van der Waals surface area contributed by atoms with Crippen molar-refractivity contribution >= 4 is 65.6 Å². The van der Waals surface area contributed by atoms with Crippen LogP contribution in [0.25, 0.3) is 0 Å². The largest absolute Gasteiger partial charge is 0.508 e. The average Bonchev–Trinajstić information content (AvgIpc) is 3.31. The Kier molecular flexibility index (Phi) is 20.6. The average molecular weight is 963 g/mol. The van der Waals surface area contributed by atoms with Crippen LogP contribution in [-0.2, 0) is 57.6 Å². The Balaban J connectivity index is 1.71. The van der Waals surface area contributed by atoms with Gasteiger partial charge in [-0.2, -0.15) is 12.6 Å². The Labute approximate surface area is 397 Å². The Morgan fingerprint density at radius 1 is 0.735 bits per heavy atom. The fraction of sp³-hybridized carbons (Fsp3) is 0.435. The number of nitrogens with one attached hydrogen (secondary N) is 7. The van der Waals surface area contributed by atoms with Crippen molar-refractivity contribution in [2.75, 3.05) is 12.3 Å². The van der Waals surface area contributed by atoms with Crippen molar-refractivity contribution in [3.8, 4) is 11.5 Å². The number of aliphatic carboxylic acids is 1. The van der Waals surface area contributed by atoms with E-state index in [1.807, 2.05) is 0 Å². The number of hydrogen-bond acceptors (Lipinski definition) is 13. The summed E-state index contributed by atoms with van der Waals surface area (Å²) in [5.74, 6) is -7.52. The Bertz CT molecular complexity index is 2260. The normalized spacial score (nSPS) is 20.4. The summed E-state index contributed by atoms with van der Waals surface area (Å²) in [5.41, 5.74) is 1.03. The van der Waals surface area contributed by atoms with E-state index in [1.165, 1.54) is 72.8 Å². The quantitative estimate of drug-likeness (QED) is 0.0578. The number of phenolic OH excluding ortho intramolecular Hbond substituents is 2. The first-order valence-corrected chi connectivity index (χ1v) is 22.7. The molecule has 3 aromatic rings. The van der Waals surface area contributed by atoms with Crippen LogP contribution in [0.5, 0.6) is 11.5 Å². The summed E-state index contributed by atoms with van der Waals surface area (Å²) in [6, 6.07) is 8.24. The van der Waals surface area contributed by atoms with Crippen LogP contribution >= 0.6 is 12.6 Å². The van der Waals surface area contributed by atoms with Crippen LogP contribution in [0.1, 0.15) is 69.1 Å². The number of carbonyl (C=O) groups is 8. The monoisotopic (exact) mass is 962 g/mol. The van der Waals surface area contributed by atoms with E-state index >= 15 is 0 Å². The number of aromatic hydroxyl groups is 2. The summed E-state index contributed by atoms with van der Waals surface area (Å²) < 4.78 is 0. The van der Waals surface area contributed by atoms with Crippen LogP contribution in [0.3, 0.4) is 0 Å². The lowest BCUT2D eigenvalue weighted by molar-refractivity contribution is -0.384. The number of nitro groups is 1. The first-order valence-electron chi connectivity index (χ1n) is 22.1. The molecule has 0 aliphatic carbocycles. The van der Waals surface area contributed by atoms with Gasteiger partial charge in [0, 0.05) is 56.5 Å². The van der Waals surface area contributed by atoms with E-state index in [1.54, 1.807) is 13.8 Å². The molecule has 1 aliphatic rings. The Morgan fingerprint density at radius 2 is 1.29 bits per heavy atom. The second-order valence-corrected chi connectivity index (χ2v) is 16.8. The number of carboxylic acid groups (broad SMARTS) is 1. The Morgan fingerprint density at radius 3 is 1.87 bits per heavy atom. The number of thiol groups is 1. The van der Waals surface area contributed by atoms with Crippen molar-refractivity contribution in [3.63, 3.8) is 0 Å². The van der Waals surface area contributed by atoms with E-state index in [9.17, 15) is 63.8 Å². The fourth-order valence-corrected chi connectivity index (χ4v) is 7.38. The maximum absolute atomic E-state index is 14.5. The molecule has 4 rings (SSSR count). The van der Waals surface area contributed by atoms with E-state index in [2.05, 4.69) is 49.8 Å². The zero-order valence-electron chi connectivity index (χ0n) is 37.6. The predicted octanol–water partition coefficient (Wildman–Crippen LogP) is 1.08. The lowest BCUT2D eigenvalue weighted by atomic mass is 9.96. The van der Waals surface area contributed by atoms with Gasteiger partial charge < -0.3 is 52.5 Å².